The Kier molecular flexibility index (Phi) is 7.22. The van der Waals surface area contributed by atoms with Gasteiger partial charge in [-0.2, -0.15) is 65.9 Å². The average molecular weight is 482 g/mol. The van der Waals surface area contributed by atoms with E-state index in [-0.39, 0.29) is 13.0 Å². The molecule has 2 nitrogen and oxygen atoms in total. The predicted molar refractivity (Wildman–Crippen MR) is 66.1 cm³/mol. The second kappa shape index (κ2) is 7.69. The Labute approximate surface area is 156 Å². The minimum absolute atomic E-state index is 0.124. The van der Waals surface area contributed by atoms with Crippen LogP contribution in [0.3, 0.4) is 0 Å². The third-order valence-corrected chi connectivity index (χ3v) is 3.61. The molecule has 0 aromatic heterocycles. The molecule has 0 aliphatic carbocycles. The Hall–Kier alpha value is -1.84. The number of alkyl halides is 15. The number of halogens is 15. The molecule has 0 aromatic rings. The minimum atomic E-state index is -8.34. The summed E-state index contributed by atoms with van der Waals surface area (Å²) in [4.78, 5) is 10.7. The van der Waals surface area contributed by atoms with E-state index in [2.05, 4.69) is 11.3 Å². The summed E-state index contributed by atoms with van der Waals surface area (Å²) >= 11 is 0. The average Bonchev–Trinajstić information content (AvgIpc) is 2.57. The van der Waals surface area contributed by atoms with Crippen molar-refractivity contribution in [2.24, 2.45) is 5.92 Å². The van der Waals surface area contributed by atoms with E-state index in [1.807, 2.05) is 0 Å². The third kappa shape index (κ3) is 3.90. The second-order valence-corrected chi connectivity index (χ2v) is 5.73. The van der Waals surface area contributed by atoms with Crippen molar-refractivity contribution >= 4 is 5.97 Å². The summed E-state index contributed by atoms with van der Waals surface area (Å²) in [5.41, 5.74) is 0. The monoisotopic (exact) mass is 482 g/mol. The zero-order valence-corrected chi connectivity index (χ0v) is 14.1. The van der Waals surface area contributed by atoms with Crippen LogP contribution in [0.5, 0.6) is 0 Å². The van der Waals surface area contributed by atoms with Crippen LogP contribution in [-0.2, 0) is 9.53 Å². The van der Waals surface area contributed by atoms with Crippen LogP contribution in [0, 0.1) is 5.92 Å². The maximum absolute atomic E-state index is 13.7. The molecule has 0 heterocycles. The first-order chi connectivity index (χ1) is 12.9. The Balaban J connectivity index is 6.35. The van der Waals surface area contributed by atoms with Gasteiger partial charge in [0, 0.05) is 6.08 Å². The van der Waals surface area contributed by atoms with Crippen molar-refractivity contribution in [3.05, 3.63) is 12.7 Å². The van der Waals surface area contributed by atoms with E-state index >= 15 is 0 Å². The summed E-state index contributed by atoms with van der Waals surface area (Å²) in [6.07, 6.45) is -7.40. The molecule has 0 spiro atoms. The fourth-order valence-corrected chi connectivity index (χ4v) is 1.66. The van der Waals surface area contributed by atoms with Crippen LogP contribution in [-0.4, -0.2) is 54.3 Å². The highest BCUT2D eigenvalue weighted by Gasteiger charge is 2.93. The van der Waals surface area contributed by atoms with Crippen molar-refractivity contribution in [1.29, 1.82) is 0 Å². The lowest BCUT2D eigenvalue weighted by Gasteiger charge is -2.42. The van der Waals surface area contributed by atoms with Crippen LogP contribution < -0.4 is 0 Å². The summed E-state index contributed by atoms with van der Waals surface area (Å²) in [5, 5.41) is 0. The highest BCUT2D eigenvalue weighted by Crippen LogP contribution is 2.63. The van der Waals surface area contributed by atoms with Gasteiger partial charge in [-0.25, -0.2) is 4.79 Å². The summed E-state index contributed by atoms with van der Waals surface area (Å²) in [5.74, 6) is -51.9. The highest BCUT2D eigenvalue weighted by molar-refractivity contribution is 5.81. The fraction of sp³-hybridized carbons (Fsp3) is 0.769. The van der Waals surface area contributed by atoms with Gasteiger partial charge in [0.1, 0.15) is 6.61 Å². The van der Waals surface area contributed by atoms with Crippen LogP contribution in [0.1, 0.15) is 6.92 Å². The topological polar surface area (TPSA) is 26.3 Å². The van der Waals surface area contributed by atoms with Crippen LogP contribution in [0.25, 0.3) is 0 Å². The lowest BCUT2D eigenvalue weighted by atomic mass is 9.87. The van der Waals surface area contributed by atoms with Gasteiger partial charge in [-0.1, -0.05) is 13.5 Å². The molecule has 0 radical (unpaired) electrons. The van der Waals surface area contributed by atoms with E-state index in [0.29, 0.717) is 0 Å². The molecule has 30 heavy (non-hydrogen) atoms. The Morgan fingerprint density at radius 3 is 1.40 bits per heavy atom. The predicted octanol–water partition coefficient (Wildman–Crippen LogP) is 5.73. The number of carbonyl (C=O) groups is 1. The molecule has 0 rings (SSSR count). The molecule has 0 saturated heterocycles. The van der Waals surface area contributed by atoms with Crippen molar-refractivity contribution in [3.63, 3.8) is 0 Å². The Morgan fingerprint density at radius 1 is 0.733 bits per heavy atom. The number of hydrogen-bond donors (Lipinski definition) is 0. The van der Waals surface area contributed by atoms with E-state index in [4.69, 9.17) is 0 Å². The van der Waals surface area contributed by atoms with Gasteiger partial charge in [0.25, 0.3) is 0 Å². The van der Waals surface area contributed by atoms with Crippen molar-refractivity contribution < 1.29 is 75.4 Å². The summed E-state index contributed by atoms with van der Waals surface area (Å²) in [7, 11) is 0. The van der Waals surface area contributed by atoms with Crippen LogP contribution in [0.15, 0.2) is 12.7 Å². The van der Waals surface area contributed by atoms with E-state index in [0.717, 1.165) is 0 Å². The van der Waals surface area contributed by atoms with Crippen LogP contribution >= 0.6 is 0 Å². The largest absolute Gasteiger partial charge is 0.462 e. The highest BCUT2D eigenvalue weighted by atomic mass is 19.4. The molecule has 0 bridgehead atoms. The first-order valence-corrected chi connectivity index (χ1v) is 7.00. The van der Waals surface area contributed by atoms with Gasteiger partial charge >= 0.3 is 47.7 Å². The molecule has 0 aliphatic rings. The normalized spacial score (nSPS) is 16.3. The molecule has 1 atom stereocenters. The zero-order chi connectivity index (χ0) is 24.8. The first-order valence-electron chi connectivity index (χ1n) is 7.00. The van der Waals surface area contributed by atoms with E-state index in [9.17, 15) is 70.7 Å². The quantitative estimate of drug-likeness (QED) is 0.239. The molecular weight excluding hydrogens is 473 g/mol. The van der Waals surface area contributed by atoms with Crippen molar-refractivity contribution in [3.8, 4) is 0 Å². The van der Waals surface area contributed by atoms with Gasteiger partial charge < -0.3 is 4.74 Å². The number of ether oxygens (including phenoxy) is 1. The molecular formula is C13H9F15O2. The molecule has 0 fully saturated rings. The first kappa shape index (κ1) is 28.2. The zero-order valence-electron chi connectivity index (χ0n) is 14.1. The second-order valence-electron chi connectivity index (χ2n) is 5.73. The van der Waals surface area contributed by atoms with E-state index in [1.165, 1.54) is 0 Å². The van der Waals surface area contributed by atoms with Gasteiger partial charge in [-0.15, -0.1) is 0 Å². The smallest absolute Gasteiger partial charge is 0.460 e. The van der Waals surface area contributed by atoms with Crippen LogP contribution in [0.2, 0.25) is 0 Å². The fourth-order valence-electron chi connectivity index (χ4n) is 1.66. The standard InChI is InChI=1S/C13H9F15O2/c1-3-6(29)30-4-5(2)7(14,15)8(16,17)9(18,19)10(20,21)11(22,23)12(24,25)13(26,27)28/h3,5H,1,4H2,2H3. The molecule has 0 aromatic carbocycles. The van der Waals surface area contributed by atoms with Gasteiger partial charge in [0.2, 0.25) is 0 Å². The number of hydrogen-bond acceptors (Lipinski definition) is 2. The number of esters is 1. The Bertz CT molecular complexity index is 649. The number of rotatable bonds is 9. The molecule has 0 amide bonds. The lowest BCUT2D eigenvalue weighted by Crippen LogP contribution is -2.73. The van der Waals surface area contributed by atoms with Gasteiger partial charge in [-0.3, -0.25) is 0 Å². The molecule has 0 saturated carbocycles. The lowest BCUT2D eigenvalue weighted by molar-refractivity contribution is -0.454. The molecule has 0 aliphatic heterocycles. The molecule has 1 unspecified atom stereocenters. The SMILES string of the molecule is C=CC(=O)OCC(C)C(F)(F)C(F)(F)C(F)(F)C(F)(F)C(F)(F)C(F)(F)C(F)(F)F. The Morgan fingerprint density at radius 2 is 1.07 bits per heavy atom. The summed E-state index contributed by atoms with van der Waals surface area (Å²) in [6.45, 7) is 0.679. The maximum atomic E-state index is 13.7. The van der Waals surface area contributed by atoms with Crippen LogP contribution in [0.4, 0.5) is 65.9 Å². The van der Waals surface area contributed by atoms with Gasteiger partial charge in [-0.05, 0) is 0 Å². The van der Waals surface area contributed by atoms with Crippen molar-refractivity contribution in [2.45, 2.75) is 48.6 Å². The van der Waals surface area contributed by atoms with Crippen molar-refractivity contribution in [1.82, 2.24) is 0 Å². The molecule has 178 valence electrons. The van der Waals surface area contributed by atoms with Gasteiger partial charge in [0.15, 0.2) is 0 Å². The maximum Gasteiger partial charge on any atom is 0.460 e. The molecule has 17 heteroatoms. The summed E-state index contributed by atoms with van der Waals surface area (Å²) in [6, 6.07) is 0. The molecule has 0 N–H and O–H groups in total. The van der Waals surface area contributed by atoms with E-state index in [1.54, 1.807) is 0 Å². The summed E-state index contributed by atoms with van der Waals surface area (Å²) < 4.78 is 199. The number of carbonyl (C=O) groups excluding carboxylic acids is 1. The van der Waals surface area contributed by atoms with E-state index < -0.39 is 60.2 Å². The van der Waals surface area contributed by atoms with Gasteiger partial charge in [0.05, 0.1) is 5.92 Å². The minimum Gasteiger partial charge on any atom is -0.462 e. The third-order valence-electron chi connectivity index (χ3n) is 3.61. The van der Waals surface area contributed by atoms with Crippen molar-refractivity contribution in [2.75, 3.05) is 6.61 Å².